The number of carbonyl (C=O) groups excluding carboxylic acids is 2. The standard InChI is InChI=1S/C18H29N3O6S/c1-10(22)12-13-11(6-4-5-7-20(2)3)15(28-9-8-27-18(19)26)14(17(24)25)21(13)16(12)23/h10-13,22H,4-9H2,1-3H3,(H2,19,26)(H,24,25)/t10-,11-,12-,13-/m1/s1. The number of carboxylic acid groups (broad SMARTS) is 1. The molecule has 0 spiro atoms. The van der Waals surface area contributed by atoms with E-state index in [9.17, 15) is 24.6 Å². The van der Waals surface area contributed by atoms with Crippen molar-refractivity contribution in [1.82, 2.24) is 9.80 Å². The van der Waals surface area contributed by atoms with E-state index in [2.05, 4.69) is 4.90 Å². The summed E-state index contributed by atoms with van der Waals surface area (Å²) in [6.45, 7) is 2.54. The van der Waals surface area contributed by atoms with E-state index >= 15 is 0 Å². The summed E-state index contributed by atoms with van der Waals surface area (Å²) in [5.74, 6) is -1.90. The summed E-state index contributed by atoms with van der Waals surface area (Å²) in [6.07, 6.45) is 0.835. The van der Waals surface area contributed by atoms with Gasteiger partial charge in [0.15, 0.2) is 0 Å². The van der Waals surface area contributed by atoms with Crippen molar-refractivity contribution in [2.45, 2.75) is 38.3 Å². The maximum atomic E-state index is 12.5. The molecule has 9 nitrogen and oxygen atoms in total. The van der Waals surface area contributed by atoms with Gasteiger partial charge in [0.25, 0.3) is 0 Å². The second-order valence-electron chi connectivity index (χ2n) is 7.40. The van der Waals surface area contributed by atoms with Gasteiger partial charge in [-0.05, 0) is 40.4 Å². The lowest BCUT2D eigenvalue weighted by Crippen LogP contribution is -2.63. The third-order valence-electron chi connectivity index (χ3n) is 5.09. The van der Waals surface area contributed by atoms with E-state index in [1.165, 1.54) is 16.7 Å². The van der Waals surface area contributed by atoms with Gasteiger partial charge in [-0.1, -0.05) is 6.42 Å². The SMILES string of the molecule is C[C@@H](O)[C@H]1C(=O)N2C(C(=O)O)=C(SCCOC(N)=O)[C@H](CCCCN(C)C)[C@H]12. The van der Waals surface area contributed by atoms with Crippen LogP contribution in [0.3, 0.4) is 0 Å². The maximum absolute atomic E-state index is 12.5. The molecule has 158 valence electrons. The van der Waals surface area contributed by atoms with Crippen LogP contribution in [0, 0.1) is 11.8 Å². The third kappa shape index (κ3) is 4.79. The van der Waals surface area contributed by atoms with E-state index in [1.807, 2.05) is 14.1 Å². The summed E-state index contributed by atoms with van der Waals surface area (Å²) in [7, 11) is 3.99. The van der Waals surface area contributed by atoms with Gasteiger partial charge in [0.05, 0.1) is 18.1 Å². The van der Waals surface area contributed by atoms with Crippen molar-refractivity contribution >= 4 is 29.7 Å². The fraction of sp³-hybridized carbons (Fsp3) is 0.722. The first-order chi connectivity index (χ1) is 13.2. The molecule has 0 unspecified atom stereocenters. The minimum atomic E-state index is -1.16. The van der Waals surface area contributed by atoms with Gasteiger partial charge in [-0.3, -0.25) is 4.79 Å². The molecule has 0 bridgehead atoms. The van der Waals surface area contributed by atoms with Crippen LogP contribution in [0.5, 0.6) is 0 Å². The van der Waals surface area contributed by atoms with Crippen molar-refractivity contribution < 1.29 is 29.3 Å². The zero-order valence-electron chi connectivity index (χ0n) is 16.5. The zero-order valence-corrected chi connectivity index (χ0v) is 17.3. The molecule has 1 fully saturated rings. The van der Waals surface area contributed by atoms with Crippen molar-refractivity contribution in [2.24, 2.45) is 17.6 Å². The number of amides is 2. The number of aliphatic hydroxyl groups is 1. The first-order valence-electron chi connectivity index (χ1n) is 9.35. The Kier molecular flexibility index (Phi) is 7.73. The predicted octanol–water partition coefficient (Wildman–Crippen LogP) is 0.681. The van der Waals surface area contributed by atoms with Gasteiger partial charge < -0.3 is 30.5 Å². The Morgan fingerprint density at radius 1 is 1.36 bits per heavy atom. The number of unbranched alkanes of at least 4 members (excludes halogenated alkanes) is 1. The summed E-state index contributed by atoms with van der Waals surface area (Å²) in [6, 6.07) is -0.336. The molecule has 0 saturated carbocycles. The number of aliphatic hydroxyl groups excluding tert-OH is 1. The van der Waals surface area contributed by atoms with Gasteiger partial charge in [0.2, 0.25) is 5.91 Å². The molecule has 1 saturated heterocycles. The molecule has 0 radical (unpaired) electrons. The highest BCUT2D eigenvalue weighted by atomic mass is 32.2. The predicted molar refractivity (Wildman–Crippen MR) is 104 cm³/mol. The fourth-order valence-electron chi connectivity index (χ4n) is 3.93. The van der Waals surface area contributed by atoms with Crippen molar-refractivity contribution in [3.05, 3.63) is 10.6 Å². The number of primary amides is 1. The lowest BCUT2D eigenvalue weighted by atomic mass is 9.77. The molecule has 2 aliphatic heterocycles. The molecule has 0 aromatic rings. The number of hydrogen-bond donors (Lipinski definition) is 3. The van der Waals surface area contributed by atoms with Crippen LogP contribution in [-0.2, 0) is 14.3 Å². The lowest BCUT2D eigenvalue weighted by molar-refractivity contribution is -0.163. The molecule has 2 rings (SSSR count). The van der Waals surface area contributed by atoms with Crippen LogP contribution in [0.25, 0.3) is 0 Å². The fourth-order valence-corrected chi connectivity index (χ4v) is 5.11. The topological polar surface area (TPSA) is 133 Å². The van der Waals surface area contributed by atoms with Crippen LogP contribution in [0.4, 0.5) is 4.79 Å². The van der Waals surface area contributed by atoms with Gasteiger partial charge in [-0.2, -0.15) is 0 Å². The second-order valence-corrected chi connectivity index (χ2v) is 8.54. The van der Waals surface area contributed by atoms with Gasteiger partial charge in [-0.15, -0.1) is 11.8 Å². The van der Waals surface area contributed by atoms with E-state index in [-0.39, 0.29) is 30.2 Å². The highest BCUT2D eigenvalue weighted by Crippen LogP contribution is 2.52. The number of rotatable bonds is 11. The van der Waals surface area contributed by atoms with E-state index in [1.54, 1.807) is 6.92 Å². The molecule has 2 aliphatic rings. The van der Waals surface area contributed by atoms with Gasteiger partial charge >= 0.3 is 12.1 Å². The molecule has 0 aliphatic carbocycles. The number of carbonyl (C=O) groups is 3. The second kappa shape index (κ2) is 9.62. The molecular formula is C18H29N3O6S. The van der Waals surface area contributed by atoms with Crippen LogP contribution >= 0.6 is 11.8 Å². The summed E-state index contributed by atoms with van der Waals surface area (Å²) >= 11 is 1.28. The Balaban J connectivity index is 2.19. The largest absolute Gasteiger partial charge is 0.477 e. The van der Waals surface area contributed by atoms with Crippen molar-refractivity contribution in [3.8, 4) is 0 Å². The number of β-lactam (4-membered cyclic amide) rings is 1. The minimum absolute atomic E-state index is 0.00594. The van der Waals surface area contributed by atoms with Gasteiger partial charge in [-0.25, -0.2) is 9.59 Å². The number of ether oxygens (including phenoxy) is 1. The zero-order chi connectivity index (χ0) is 21.0. The Morgan fingerprint density at radius 3 is 2.57 bits per heavy atom. The Labute approximate surface area is 168 Å². The molecule has 2 amide bonds. The Morgan fingerprint density at radius 2 is 2.04 bits per heavy atom. The van der Waals surface area contributed by atoms with Crippen LogP contribution in [0.15, 0.2) is 10.6 Å². The van der Waals surface area contributed by atoms with Crippen LogP contribution in [0.1, 0.15) is 26.2 Å². The quantitative estimate of drug-likeness (QED) is 0.331. The highest BCUT2D eigenvalue weighted by molar-refractivity contribution is 8.03. The first kappa shape index (κ1) is 22.5. The molecule has 28 heavy (non-hydrogen) atoms. The number of aliphatic carboxylic acids is 1. The number of nitrogens with two attached hydrogens (primary N) is 1. The van der Waals surface area contributed by atoms with Crippen LogP contribution in [0.2, 0.25) is 0 Å². The van der Waals surface area contributed by atoms with Gasteiger partial charge in [0.1, 0.15) is 12.3 Å². The molecule has 10 heteroatoms. The smallest absolute Gasteiger partial charge is 0.404 e. The number of nitrogens with zero attached hydrogens (tertiary/aromatic N) is 2. The van der Waals surface area contributed by atoms with Crippen LogP contribution < -0.4 is 5.73 Å². The highest BCUT2D eigenvalue weighted by Gasteiger charge is 2.60. The minimum Gasteiger partial charge on any atom is -0.477 e. The lowest BCUT2D eigenvalue weighted by Gasteiger charge is -2.47. The molecule has 0 aromatic heterocycles. The molecule has 0 aromatic carbocycles. The molecular weight excluding hydrogens is 386 g/mol. The average molecular weight is 416 g/mol. The Hall–Kier alpha value is -1.78. The van der Waals surface area contributed by atoms with Gasteiger partial charge in [0, 0.05) is 16.6 Å². The monoisotopic (exact) mass is 415 g/mol. The van der Waals surface area contributed by atoms with Crippen molar-refractivity contribution in [2.75, 3.05) is 33.0 Å². The summed E-state index contributed by atoms with van der Waals surface area (Å²) in [5.41, 5.74) is 4.95. The third-order valence-corrected chi connectivity index (χ3v) is 6.27. The average Bonchev–Trinajstić information content (AvgIpc) is 2.85. The van der Waals surface area contributed by atoms with E-state index in [0.717, 1.165) is 25.8 Å². The molecule has 2 heterocycles. The van der Waals surface area contributed by atoms with E-state index in [4.69, 9.17) is 10.5 Å². The number of thioether (sulfide) groups is 1. The van der Waals surface area contributed by atoms with E-state index in [0.29, 0.717) is 10.7 Å². The van der Waals surface area contributed by atoms with E-state index < -0.39 is 24.1 Å². The number of fused-ring (bicyclic) bond motifs is 1. The first-order valence-corrected chi connectivity index (χ1v) is 10.3. The Bertz CT molecular complexity index is 651. The van der Waals surface area contributed by atoms with Crippen molar-refractivity contribution in [3.63, 3.8) is 0 Å². The summed E-state index contributed by atoms with van der Waals surface area (Å²) in [4.78, 5) is 39.2. The summed E-state index contributed by atoms with van der Waals surface area (Å²) < 4.78 is 4.73. The van der Waals surface area contributed by atoms with Crippen molar-refractivity contribution in [1.29, 1.82) is 0 Å². The maximum Gasteiger partial charge on any atom is 0.404 e. The summed E-state index contributed by atoms with van der Waals surface area (Å²) in [5, 5.41) is 19.8. The number of carboxylic acids is 1. The normalized spacial score (nSPS) is 25.0. The number of hydrogen-bond acceptors (Lipinski definition) is 7. The molecule has 4 N–H and O–H groups in total. The molecule has 4 atom stereocenters. The van der Waals surface area contributed by atoms with Crippen LogP contribution in [-0.4, -0.2) is 83.1 Å².